The van der Waals surface area contributed by atoms with Crippen LogP contribution in [0.15, 0.2) is 18.2 Å². The number of amides is 4. The number of fused-ring (bicyclic) bond motifs is 2. The molecule has 252 valence electrons. The van der Waals surface area contributed by atoms with Crippen LogP contribution in [0.3, 0.4) is 0 Å². The number of carbonyl (C=O) groups excluding carboxylic acids is 4. The Morgan fingerprint density at radius 3 is 2.04 bits per heavy atom. The Balaban J connectivity index is 0.00000134. The lowest BCUT2D eigenvalue weighted by Crippen LogP contribution is -2.63. The SMILES string of the molecule is CC(=O)N1CCC(N2CCC(C(=O)N3C[C@@H]4COC[C@@H](C3)C4NC(=O)C3CC(=O)N(c4c(C)cccc4C)C3)CC2)CC1.O=CO. The fourth-order valence-corrected chi connectivity index (χ4v) is 8.28. The van der Waals surface area contributed by atoms with Crippen molar-refractivity contribution in [3.05, 3.63) is 29.3 Å². The summed E-state index contributed by atoms with van der Waals surface area (Å²) < 4.78 is 5.89. The lowest BCUT2D eigenvalue weighted by atomic mass is 9.81. The number of nitrogens with zero attached hydrogens (tertiary/aromatic N) is 4. The van der Waals surface area contributed by atoms with Gasteiger partial charge in [-0.2, -0.15) is 0 Å². The zero-order valence-electron chi connectivity index (χ0n) is 27.4. The maximum absolute atomic E-state index is 13.7. The van der Waals surface area contributed by atoms with Gasteiger partial charge in [0.2, 0.25) is 23.6 Å². The molecule has 1 aromatic rings. The van der Waals surface area contributed by atoms with Gasteiger partial charge in [-0.25, -0.2) is 0 Å². The predicted molar refractivity (Wildman–Crippen MR) is 171 cm³/mol. The molecular weight excluding hydrogens is 590 g/mol. The fourth-order valence-electron chi connectivity index (χ4n) is 8.28. The molecule has 0 radical (unpaired) electrons. The standard InChI is InChI=1S/C33H47N5O5.CH2O2/c1-21-5-4-6-22(2)31(21)38-18-25(15-29(38)40)32(41)34-30-26-16-37(17-27(30)20-43-19-26)33(42)24-7-11-36(12-8-24)28-9-13-35(14-10-28)23(3)39;2-1-3/h4-6,24-28,30H,7-20H2,1-3H3,(H,34,41);1H,(H,2,3)/t25?,26-,27-;/m1./s1. The number of nitrogens with one attached hydrogen (secondary N) is 1. The average molecular weight is 640 g/mol. The maximum atomic E-state index is 13.7. The third-order valence-electron chi connectivity index (χ3n) is 10.7. The number of para-hydroxylation sites is 1. The van der Waals surface area contributed by atoms with Crippen LogP contribution in [0.25, 0.3) is 0 Å². The van der Waals surface area contributed by atoms with Crippen molar-refractivity contribution in [1.82, 2.24) is 20.0 Å². The number of piperidine rings is 3. The number of aryl methyl sites for hydroxylation is 2. The number of benzene rings is 1. The Hall–Kier alpha value is -3.51. The highest BCUT2D eigenvalue weighted by molar-refractivity contribution is 6.01. The van der Waals surface area contributed by atoms with Gasteiger partial charge in [0.15, 0.2) is 0 Å². The van der Waals surface area contributed by atoms with E-state index in [1.807, 2.05) is 41.8 Å². The zero-order valence-corrected chi connectivity index (χ0v) is 27.4. The molecule has 2 N–H and O–H groups in total. The summed E-state index contributed by atoms with van der Waals surface area (Å²) in [6.45, 7) is 11.6. The van der Waals surface area contributed by atoms with Crippen LogP contribution in [0.1, 0.15) is 50.2 Å². The smallest absolute Gasteiger partial charge is 0.290 e. The van der Waals surface area contributed by atoms with Crippen LogP contribution in [0.2, 0.25) is 0 Å². The average Bonchev–Trinajstić information content (AvgIpc) is 3.42. The van der Waals surface area contributed by atoms with E-state index in [-0.39, 0.29) is 66.2 Å². The van der Waals surface area contributed by atoms with E-state index >= 15 is 0 Å². The molecule has 5 fully saturated rings. The van der Waals surface area contributed by atoms with Crippen molar-refractivity contribution in [2.75, 3.05) is 63.9 Å². The van der Waals surface area contributed by atoms with E-state index in [4.69, 9.17) is 14.6 Å². The largest absolute Gasteiger partial charge is 0.483 e. The monoisotopic (exact) mass is 639 g/mol. The Kier molecular flexibility index (Phi) is 11.0. The van der Waals surface area contributed by atoms with Crippen molar-refractivity contribution in [2.45, 2.75) is 65.0 Å². The molecule has 1 aromatic carbocycles. The number of ether oxygens (including phenoxy) is 1. The third-order valence-corrected chi connectivity index (χ3v) is 10.7. The van der Waals surface area contributed by atoms with Crippen molar-refractivity contribution in [2.24, 2.45) is 23.7 Å². The van der Waals surface area contributed by atoms with Crippen LogP contribution < -0.4 is 10.2 Å². The summed E-state index contributed by atoms with van der Waals surface area (Å²) in [6.07, 6.45) is 4.00. The summed E-state index contributed by atoms with van der Waals surface area (Å²) in [5, 5.41) is 10.2. The minimum atomic E-state index is -0.382. The lowest BCUT2D eigenvalue weighted by Gasteiger charge is -2.48. The Morgan fingerprint density at radius 1 is 0.891 bits per heavy atom. The molecule has 3 atom stereocenters. The first-order chi connectivity index (χ1) is 22.1. The Bertz CT molecular complexity index is 1260. The molecule has 5 saturated heterocycles. The maximum Gasteiger partial charge on any atom is 0.290 e. The topological polar surface area (TPSA) is 140 Å². The van der Waals surface area contributed by atoms with Crippen molar-refractivity contribution in [3.8, 4) is 0 Å². The van der Waals surface area contributed by atoms with Gasteiger partial charge in [0, 0.05) is 81.6 Å². The van der Waals surface area contributed by atoms with Gasteiger partial charge in [-0.15, -0.1) is 0 Å². The zero-order chi connectivity index (χ0) is 33.0. The van der Waals surface area contributed by atoms with Gasteiger partial charge in [-0.1, -0.05) is 18.2 Å². The lowest BCUT2D eigenvalue weighted by molar-refractivity contribution is -0.148. The minimum absolute atomic E-state index is 0.00550. The number of carboxylic acid groups (broad SMARTS) is 1. The molecule has 0 saturated carbocycles. The van der Waals surface area contributed by atoms with Crippen LogP contribution in [-0.4, -0.2) is 121 Å². The second-order valence-corrected chi connectivity index (χ2v) is 13.6. The molecule has 4 amide bonds. The molecule has 0 aromatic heterocycles. The van der Waals surface area contributed by atoms with Gasteiger partial charge < -0.3 is 34.8 Å². The highest BCUT2D eigenvalue weighted by Gasteiger charge is 2.45. The van der Waals surface area contributed by atoms with E-state index in [2.05, 4.69) is 10.2 Å². The van der Waals surface area contributed by atoms with Crippen LogP contribution in [0.4, 0.5) is 5.69 Å². The van der Waals surface area contributed by atoms with Gasteiger partial charge in [0.1, 0.15) is 0 Å². The highest BCUT2D eigenvalue weighted by Crippen LogP contribution is 2.34. The Labute approximate surface area is 271 Å². The molecular formula is C34H49N5O7. The summed E-state index contributed by atoms with van der Waals surface area (Å²) >= 11 is 0. The molecule has 1 unspecified atom stereocenters. The van der Waals surface area contributed by atoms with E-state index in [1.165, 1.54) is 0 Å². The molecule has 46 heavy (non-hydrogen) atoms. The van der Waals surface area contributed by atoms with Crippen molar-refractivity contribution >= 4 is 35.8 Å². The molecule has 6 rings (SSSR count). The second kappa shape index (κ2) is 14.9. The predicted octanol–water partition coefficient (Wildman–Crippen LogP) is 1.67. The summed E-state index contributed by atoms with van der Waals surface area (Å²) in [5.41, 5.74) is 3.00. The third kappa shape index (κ3) is 7.38. The molecule has 5 aliphatic heterocycles. The van der Waals surface area contributed by atoms with Crippen LogP contribution >= 0.6 is 0 Å². The number of carbonyl (C=O) groups is 5. The fraction of sp³-hybridized carbons (Fsp3) is 0.676. The van der Waals surface area contributed by atoms with Gasteiger partial charge in [-0.05, 0) is 63.7 Å². The number of hydrogen-bond donors (Lipinski definition) is 2. The first-order valence-corrected chi connectivity index (χ1v) is 16.7. The summed E-state index contributed by atoms with van der Waals surface area (Å²) in [6, 6.07) is 6.46. The summed E-state index contributed by atoms with van der Waals surface area (Å²) in [4.78, 5) is 68.4. The van der Waals surface area contributed by atoms with Crippen molar-refractivity contribution in [1.29, 1.82) is 0 Å². The van der Waals surface area contributed by atoms with E-state index < -0.39 is 0 Å². The van der Waals surface area contributed by atoms with Gasteiger partial charge in [-0.3, -0.25) is 24.0 Å². The number of likely N-dealkylation sites (tertiary alicyclic amines) is 3. The van der Waals surface area contributed by atoms with Crippen LogP contribution in [-0.2, 0) is 28.7 Å². The van der Waals surface area contributed by atoms with E-state index in [0.29, 0.717) is 38.9 Å². The Morgan fingerprint density at radius 2 is 1.48 bits per heavy atom. The van der Waals surface area contributed by atoms with E-state index in [1.54, 1.807) is 11.8 Å². The van der Waals surface area contributed by atoms with Gasteiger partial charge in [0.05, 0.1) is 19.1 Å². The summed E-state index contributed by atoms with van der Waals surface area (Å²) in [7, 11) is 0. The van der Waals surface area contributed by atoms with Gasteiger partial charge >= 0.3 is 0 Å². The highest BCUT2D eigenvalue weighted by atomic mass is 16.5. The number of hydrogen-bond acceptors (Lipinski definition) is 7. The molecule has 12 nitrogen and oxygen atoms in total. The minimum Gasteiger partial charge on any atom is -0.483 e. The first-order valence-electron chi connectivity index (χ1n) is 16.7. The molecule has 12 heteroatoms. The van der Waals surface area contributed by atoms with Crippen LogP contribution in [0, 0.1) is 37.5 Å². The molecule has 0 spiro atoms. The van der Waals surface area contributed by atoms with E-state index in [0.717, 1.165) is 68.7 Å². The van der Waals surface area contributed by atoms with Crippen molar-refractivity contribution < 1.29 is 33.8 Å². The molecule has 5 heterocycles. The normalized spacial score (nSPS) is 27.5. The quantitative estimate of drug-likeness (QED) is 0.464. The molecule has 5 aliphatic rings. The summed E-state index contributed by atoms with van der Waals surface area (Å²) in [5.74, 6) is 0.111. The molecule has 2 bridgehead atoms. The number of anilines is 1. The van der Waals surface area contributed by atoms with Crippen LogP contribution in [0.5, 0.6) is 0 Å². The molecule has 0 aliphatic carbocycles. The second-order valence-electron chi connectivity index (χ2n) is 13.6. The first kappa shape index (κ1) is 33.8. The van der Waals surface area contributed by atoms with Crippen molar-refractivity contribution in [3.63, 3.8) is 0 Å². The van der Waals surface area contributed by atoms with E-state index in [9.17, 15) is 19.2 Å². The number of rotatable bonds is 5. The van der Waals surface area contributed by atoms with Gasteiger partial charge in [0.25, 0.3) is 6.47 Å².